The second-order valence-corrected chi connectivity index (χ2v) is 11.7. The molecule has 2 fully saturated rings. The molecule has 5 rings (SSSR count). The summed E-state index contributed by atoms with van der Waals surface area (Å²) in [5, 5.41) is 2.96. The van der Waals surface area contributed by atoms with Gasteiger partial charge < -0.3 is 14.8 Å². The lowest BCUT2D eigenvalue weighted by Gasteiger charge is -2.23. The summed E-state index contributed by atoms with van der Waals surface area (Å²) < 4.78 is 36.5. The van der Waals surface area contributed by atoms with Crippen molar-refractivity contribution in [3.05, 3.63) is 47.6 Å². The molecule has 3 aromatic rings. The predicted molar refractivity (Wildman–Crippen MR) is 128 cm³/mol. The summed E-state index contributed by atoms with van der Waals surface area (Å²) in [6, 6.07) is 2.60. The van der Waals surface area contributed by atoms with Crippen LogP contribution in [-0.2, 0) is 14.6 Å². The standard InChI is InChI=1S/C23H25N5O5S2/c1-2-33-20-12-24-10-18(27-20)19-11-26-23(34-19)22(29)28-21(14-6-8-32-13-14)17-9-16(5-7-25-17)35(30,31)15-3-4-15/h5,7,9-12,14-15,21H,2-4,6,8,13H2,1H3,(H,28,29)/t14-,21-/m1/s1. The van der Waals surface area contributed by atoms with E-state index in [0.29, 0.717) is 54.8 Å². The number of sulfone groups is 1. The number of amides is 1. The van der Waals surface area contributed by atoms with Gasteiger partial charge in [0.25, 0.3) is 5.91 Å². The normalized spacial score (nSPS) is 18.8. The number of rotatable bonds is 9. The van der Waals surface area contributed by atoms with Crippen molar-refractivity contribution in [2.75, 3.05) is 19.8 Å². The smallest absolute Gasteiger partial charge is 0.280 e. The van der Waals surface area contributed by atoms with Crippen molar-refractivity contribution in [3.63, 3.8) is 0 Å². The minimum Gasteiger partial charge on any atom is -0.477 e. The van der Waals surface area contributed by atoms with Crippen LogP contribution in [0.1, 0.15) is 47.7 Å². The van der Waals surface area contributed by atoms with E-state index in [1.807, 2.05) is 6.92 Å². The van der Waals surface area contributed by atoms with Gasteiger partial charge in [0.15, 0.2) is 14.8 Å². The first kappa shape index (κ1) is 23.8. The Labute approximate surface area is 207 Å². The lowest BCUT2D eigenvalue weighted by molar-refractivity contribution is 0.0914. The Morgan fingerprint density at radius 2 is 2.11 bits per heavy atom. The molecule has 4 heterocycles. The average molecular weight is 516 g/mol. The van der Waals surface area contributed by atoms with E-state index in [9.17, 15) is 13.2 Å². The predicted octanol–water partition coefficient (Wildman–Crippen LogP) is 2.84. The van der Waals surface area contributed by atoms with Gasteiger partial charge in [-0.05, 0) is 38.3 Å². The van der Waals surface area contributed by atoms with Crippen molar-refractivity contribution in [1.29, 1.82) is 0 Å². The van der Waals surface area contributed by atoms with E-state index in [-0.39, 0.29) is 27.0 Å². The molecule has 10 nitrogen and oxygen atoms in total. The molecule has 3 aromatic heterocycles. The molecular formula is C23H25N5O5S2. The fraction of sp³-hybridized carbons (Fsp3) is 0.435. The number of nitrogens with one attached hydrogen (secondary N) is 1. The lowest BCUT2D eigenvalue weighted by Crippen LogP contribution is -2.34. The first-order valence-corrected chi connectivity index (χ1v) is 13.8. The number of hydrogen-bond acceptors (Lipinski definition) is 10. The summed E-state index contributed by atoms with van der Waals surface area (Å²) in [7, 11) is -3.38. The SMILES string of the molecule is CCOc1cncc(-c2cnc(C(=O)N[C@@H](c3cc(S(=O)(=O)C4CC4)ccn3)[C@@H]3CCOC3)s2)n1. The number of aromatic nitrogens is 4. The molecule has 1 aliphatic heterocycles. The van der Waals surface area contributed by atoms with Crippen LogP contribution in [0.3, 0.4) is 0 Å². The van der Waals surface area contributed by atoms with Gasteiger partial charge in [0, 0.05) is 24.9 Å². The Morgan fingerprint density at radius 1 is 1.26 bits per heavy atom. The van der Waals surface area contributed by atoms with Gasteiger partial charge in [-0.1, -0.05) is 0 Å². The van der Waals surface area contributed by atoms with Crippen molar-refractivity contribution in [2.24, 2.45) is 5.92 Å². The number of carbonyl (C=O) groups is 1. The Balaban J connectivity index is 1.39. The minimum absolute atomic E-state index is 0.0292. The van der Waals surface area contributed by atoms with Gasteiger partial charge >= 0.3 is 0 Å². The van der Waals surface area contributed by atoms with Crippen LogP contribution < -0.4 is 10.1 Å². The molecule has 0 aromatic carbocycles. The van der Waals surface area contributed by atoms with Crippen molar-refractivity contribution in [3.8, 4) is 16.5 Å². The first-order valence-electron chi connectivity index (χ1n) is 11.4. The number of ether oxygens (including phenoxy) is 2. The van der Waals surface area contributed by atoms with Crippen molar-refractivity contribution < 1.29 is 22.7 Å². The highest BCUT2D eigenvalue weighted by Gasteiger charge is 2.38. The molecule has 0 unspecified atom stereocenters. The molecule has 1 saturated heterocycles. The quantitative estimate of drug-likeness (QED) is 0.456. The van der Waals surface area contributed by atoms with Crippen molar-refractivity contribution >= 4 is 27.1 Å². The van der Waals surface area contributed by atoms with Gasteiger partial charge in [0.2, 0.25) is 5.88 Å². The highest BCUT2D eigenvalue weighted by Crippen LogP contribution is 2.35. The van der Waals surface area contributed by atoms with Crippen LogP contribution >= 0.6 is 11.3 Å². The largest absolute Gasteiger partial charge is 0.477 e. The fourth-order valence-corrected chi connectivity index (χ4v) is 6.43. The molecule has 1 aliphatic carbocycles. The minimum atomic E-state index is -3.38. The average Bonchev–Trinajstić information content (AvgIpc) is 3.38. The zero-order chi connectivity index (χ0) is 24.4. The lowest BCUT2D eigenvalue weighted by atomic mass is 9.95. The highest BCUT2D eigenvalue weighted by atomic mass is 32.2. The van der Waals surface area contributed by atoms with Gasteiger partial charge in [-0.3, -0.25) is 14.8 Å². The Morgan fingerprint density at radius 3 is 2.86 bits per heavy atom. The molecule has 35 heavy (non-hydrogen) atoms. The van der Waals surface area contributed by atoms with E-state index < -0.39 is 15.9 Å². The molecule has 0 spiro atoms. The molecule has 1 N–H and O–H groups in total. The summed E-state index contributed by atoms with van der Waals surface area (Å²) in [5.74, 6) is 0.000586. The molecule has 0 radical (unpaired) electrons. The van der Waals surface area contributed by atoms with Crippen LogP contribution in [-0.4, -0.2) is 59.3 Å². The van der Waals surface area contributed by atoms with E-state index in [1.165, 1.54) is 29.8 Å². The van der Waals surface area contributed by atoms with Gasteiger partial charge in [-0.15, -0.1) is 11.3 Å². The van der Waals surface area contributed by atoms with E-state index in [2.05, 4.69) is 25.3 Å². The maximum atomic E-state index is 13.2. The number of hydrogen-bond donors (Lipinski definition) is 1. The molecule has 2 aliphatic rings. The van der Waals surface area contributed by atoms with Crippen LogP contribution in [0.15, 0.2) is 41.8 Å². The van der Waals surface area contributed by atoms with E-state index in [0.717, 1.165) is 6.42 Å². The summed E-state index contributed by atoms with van der Waals surface area (Å²) in [4.78, 5) is 31.4. The van der Waals surface area contributed by atoms with Crippen molar-refractivity contribution in [2.45, 2.75) is 42.4 Å². The highest BCUT2D eigenvalue weighted by molar-refractivity contribution is 7.92. The van der Waals surface area contributed by atoms with Gasteiger partial charge in [0.1, 0.15) is 5.69 Å². The van der Waals surface area contributed by atoms with Crippen LogP contribution in [0.25, 0.3) is 10.6 Å². The summed E-state index contributed by atoms with van der Waals surface area (Å²) in [6.07, 6.45) is 8.28. The Bertz CT molecular complexity index is 1320. The van der Waals surface area contributed by atoms with Gasteiger partial charge in [-0.2, -0.15) is 0 Å². The van der Waals surface area contributed by atoms with Gasteiger partial charge in [-0.25, -0.2) is 18.4 Å². The number of thiazole rings is 1. The third kappa shape index (κ3) is 5.19. The summed E-state index contributed by atoms with van der Waals surface area (Å²) >= 11 is 1.19. The Kier molecular flexibility index (Phi) is 6.76. The third-order valence-electron chi connectivity index (χ3n) is 5.94. The van der Waals surface area contributed by atoms with Crippen LogP contribution in [0.5, 0.6) is 5.88 Å². The van der Waals surface area contributed by atoms with Crippen LogP contribution in [0, 0.1) is 5.92 Å². The number of carbonyl (C=O) groups excluding carboxylic acids is 1. The molecule has 12 heteroatoms. The first-order chi connectivity index (χ1) is 17.0. The zero-order valence-electron chi connectivity index (χ0n) is 19.1. The molecule has 1 saturated carbocycles. The van der Waals surface area contributed by atoms with E-state index >= 15 is 0 Å². The monoisotopic (exact) mass is 515 g/mol. The van der Waals surface area contributed by atoms with Gasteiger partial charge in [0.05, 0.1) is 52.4 Å². The number of pyridine rings is 1. The number of nitrogens with zero attached hydrogens (tertiary/aromatic N) is 4. The van der Waals surface area contributed by atoms with E-state index in [1.54, 1.807) is 18.5 Å². The van der Waals surface area contributed by atoms with E-state index in [4.69, 9.17) is 9.47 Å². The van der Waals surface area contributed by atoms with Crippen LogP contribution in [0.4, 0.5) is 0 Å². The molecule has 184 valence electrons. The Hall–Kier alpha value is -2.96. The molecule has 1 amide bonds. The topological polar surface area (TPSA) is 133 Å². The maximum Gasteiger partial charge on any atom is 0.280 e. The summed E-state index contributed by atoms with van der Waals surface area (Å²) in [5.41, 5.74) is 1.07. The second-order valence-electron chi connectivity index (χ2n) is 8.44. The molecule has 2 atom stereocenters. The zero-order valence-corrected chi connectivity index (χ0v) is 20.7. The second kappa shape index (κ2) is 9.96. The third-order valence-corrected chi connectivity index (χ3v) is 9.22. The fourth-order valence-electron chi connectivity index (χ4n) is 3.98. The summed E-state index contributed by atoms with van der Waals surface area (Å²) in [6.45, 7) is 3.36. The van der Waals surface area contributed by atoms with Crippen LogP contribution in [0.2, 0.25) is 0 Å². The molecule has 0 bridgehead atoms. The van der Waals surface area contributed by atoms with Crippen molar-refractivity contribution in [1.82, 2.24) is 25.3 Å². The molecular weight excluding hydrogens is 490 g/mol. The maximum absolute atomic E-state index is 13.2.